The first-order valence-corrected chi connectivity index (χ1v) is 5.39. The molecule has 1 aromatic carbocycles. The van der Waals surface area contributed by atoms with Crippen molar-refractivity contribution in [2.75, 3.05) is 6.54 Å². The molecule has 15 heavy (non-hydrogen) atoms. The lowest BCUT2D eigenvalue weighted by molar-refractivity contribution is 0.0748. The molecule has 2 N–H and O–H groups in total. The summed E-state index contributed by atoms with van der Waals surface area (Å²) in [5.74, 6) is 5.98. The first kappa shape index (κ1) is 10.3. The van der Waals surface area contributed by atoms with Crippen LogP contribution >= 0.6 is 0 Å². The Morgan fingerprint density at radius 2 is 2.00 bits per heavy atom. The molecule has 0 spiro atoms. The lowest BCUT2D eigenvalue weighted by Crippen LogP contribution is -2.48. The number of ketones is 1. The van der Waals surface area contributed by atoms with Gasteiger partial charge in [0.25, 0.3) is 0 Å². The lowest BCUT2D eigenvalue weighted by atomic mass is 9.96. The summed E-state index contributed by atoms with van der Waals surface area (Å²) in [6.07, 6.45) is 3.07. The van der Waals surface area contributed by atoms with Crippen LogP contribution in [0.1, 0.15) is 29.6 Å². The maximum atomic E-state index is 12.1. The number of nitrogens with two attached hydrogens (primary N) is 1. The Hall–Kier alpha value is -1.19. The molecule has 1 heterocycles. The highest BCUT2D eigenvalue weighted by atomic mass is 16.1. The van der Waals surface area contributed by atoms with Gasteiger partial charge in [-0.25, -0.2) is 5.01 Å². The number of hydrogen-bond donors (Lipinski definition) is 1. The first-order chi connectivity index (χ1) is 7.29. The van der Waals surface area contributed by atoms with Gasteiger partial charge in [-0.3, -0.25) is 10.6 Å². The van der Waals surface area contributed by atoms with Gasteiger partial charge in [0.2, 0.25) is 0 Å². The molecule has 0 amide bonds. The van der Waals surface area contributed by atoms with Crippen molar-refractivity contribution in [2.45, 2.75) is 25.3 Å². The summed E-state index contributed by atoms with van der Waals surface area (Å²) in [6.45, 7) is 0.823. The molecule has 3 heteroatoms. The van der Waals surface area contributed by atoms with Gasteiger partial charge in [0.05, 0.1) is 6.04 Å². The number of benzene rings is 1. The number of nitrogens with zero attached hydrogens (tertiary/aromatic N) is 1. The fourth-order valence-corrected chi connectivity index (χ4v) is 2.03. The maximum Gasteiger partial charge on any atom is 0.181 e. The minimum Gasteiger partial charge on any atom is -0.292 e. The second kappa shape index (κ2) is 4.55. The Balaban J connectivity index is 2.13. The van der Waals surface area contributed by atoms with Crippen molar-refractivity contribution in [3.05, 3.63) is 35.9 Å². The fourth-order valence-electron chi connectivity index (χ4n) is 2.03. The van der Waals surface area contributed by atoms with Crippen molar-refractivity contribution < 1.29 is 4.79 Å². The molecule has 1 aromatic rings. The largest absolute Gasteiger partial charge is 0.292 e. The van der Waals surface area contributed by atoms with E-state index in [4.69, 9.17) is 5.84 Å². The third-order valence-electron chi connectivity index (χ3n) is 2.91. The van der Waals surface area contributed by atoms with E-state index >= 15 is 0 Å². The molecule has 1 aliphatic rings. The molecule has 0 bridgehead atoms. The van der Waals surface area contributed by atoms with E-state index in [1.165, 1.54) is 0 Å². The average molecular weight is 204 g/mol. The van der Waals surface area contributed by atoms with Crippen molar-refractivity contribution in [2.24, 2.45) is 5.84 Å². The molecule has 1 atom stereocenters. The van der Waals surface area contributed by atoms with E-state index in [0.29, 0.717) is 0 Å². The van der Waals surface area contributed by atoms with Crippen LogP contribution in [0.15, 0.2) is 30.3 Å². The van der Waals surface area contributed by atoms with Crippen LogP contribution in [0.4, 0.5) is 0 Å². The van der Waals surface area contributed by atoms with Crippen LogP contribution in [0.2, 0.25) is 0 Å². The summed E-state index contributed by atoms with van der Waals surface area (Å²) >= 11 is 0. The van der Waals surface area contributed by atoms with E-state index in [0.717, 1.165) is 31.4 Å². The Morgan fingerprint density at radius 3 is 2.67 bits per heavy atom. The van der Waals surface area contributed by atoms with Gasteiger partial charge >= 0.3 is 0 Å². The van der Waals surface area contributed by atoms with E-state index in [9.17, 15) is 4.79 Å². The van der Waals surface area contributed by atoms with Crippen LogP contribution in [0.3, 0.4) is 0 Å². The number of hydrogen-bond acceptors (Lipinski definition) is 3. The quantitative estimate of drug-likeness (QED) is 0.588. The van der Waals surface area contributed by atoms with Crippen LogP contribution in [-0.2, 0) is 0 Å². The van der Waals surface area contributed by atoms with E-state index in [2.05, 4.69) is 0 Å². The normalized spacial score (nSPS) is 22.6. The number of rotatable bonds is 2. The van der Waals surface area contributed by atoms with Crippen LogP contribution in [0.5, 0.6) is 0 Å². The second-order valence-electron chi connectivity index (χ2n) is 3.98. The standard InChI is InChI=1S/C12H16N2O/c13-14-9-5-4-8-11(14)12(15)10-6-2-1-3-7-10/h1-3,6-7,11H,4-5,8-9,13H2. The number of carbonyl (C=O) groups is 1. The molecule has 1 unspecified atom stereocenters. The predicted octanol–water partition coefficient (Wildman–Crippen LogP) is 1.60. The molecule has 1 aliphatic heterocycles. The molecule has 1 fully saturated rings. The molecule has 0 saturated carbocycles. The van der Waals surface area contributed by atoms with Crippen molar-refractivity contribution >= 4 is 5.78 Å². The van der Waals surface area contributed by atoms with Crippen molar-refractivity contribution in [1.29, 1.82) is 0 Å². The van der Waals surface area contributed by atoms with Crippen LogP contribution in [-0.4, -0.2) is 23.4 Å². The first-order valence-electron chi connectivity index (χ1n) is 5.39. The van der Waals surface area contributed by atoms with Crippen LogP contribution in [0, 0.1) is 0 Å². The Bertz CT molecular complexity index is 337. The van der Waals surface area contributed by atoms with Gasteiger partial charge in [0.15, 0.2) is 5.78 Å². The van der Waals surface area contributed by atoms with Gasteiger partial charge in [-0.15, -0.1) is 0 Å². The Labute approximate surface area is 89.8 Å². The summed E-state index contributed by atoms with van der Waals surface area (Å²) in [4.78, 5) is 12.1. The third kappa shape index (κ3) is 2.25. The number of carbonyl (C=O) groups excluding carboxylic acids is 1. The molecule has 2 rings (SSSR count). The topological polar surface area (TPSA) is 46.3 Å². The number of hydrazine groups is 1. The van der Waals surface area contributed by atoms with Crippen molar-refractivity contribution in [3.8, 4) is 0 Å². The third-order valence-corrected chi connectivity index (χ3v) is 2.91. The van der Waals surface area contributed by atoms with Crippen LogP contribution in [0.25, 0.3) is 0 Å². The summed E-state index contributed by atoms with van der Waals surface area (Å²) in [6, 6.07) is 9.27. The van der Waals surface area contributed by atoms with E-state index in [1.54, 1.807) is 5.01 Å². The summed E-state index contributed by atoms with van der Waals surface area (Å²) in [5.41, 5.74) is 0.764. The zero-order valence-electron chi connectivity index (χ0n) is 8.73. The molecule has 80 valence electrons. The second-order valence-corrected chi connectivity index (χ2v) is 3.98. The highest BCUT2D eigenvalue weighted by Gasteiger charge is 2.26. The predicted molar refractivity (Wildman–Crippen MR) is 59.3 cm³/mol. The molecule has 0 radical (unpaired) electrons. The molecular formula is C12H16N2O. The highest BCUT2D eigenvalue weighted by Crippen LogP contribution is 2.17. The zero-order valence-corrected chi connectivity index (χ0v) is 8.73. The number of piperidine rings is 1. The molecular weight excluding hydrogens is 188 g/mol. The van der Waals surface area contributed by atoms with Gasteiger partial charge in [-0.1, -0.05) is 36.8 Å². The Morgan fingerprint density at radius 1 is 1.27 bits per heavy atom. The fraction of sp³-hybridized carbons (Fsp3) is 0.417. The minimum absolute atomic E-state index is 0.124. The Kier molecular flexibility index (Phi) is 3.14. The minimum atomic E-state index is -0.124. The monoisotopic (exact) mass is 204 g/mol. The molecule has 0 aliphatic carbocycles. The summed E-state index contributed by atoms with van der Waals surface area (Å²) < 4.78 is 0. The van der Waals surface area contributed by atoms with Crippen molar-refractivity contribution in [1.82, 2.24) is 5.01 Å². The highest BCUT2D eigenvalue weighted by molar-refractivity contribution is 6.00. The van der Waals surface area contributed by atoms with Crippen molar-refractivity contribution in [3.63, 3.8) is 0 Å². The molecule has 0 aromatic heterocycles. The number of Topliss-reactive ketones (excluding diaryl/α,β-unsaturated/α-hetero) is 1. The van der Waals surface area contributed by atoms with E-state index in [1.807, 2.05) is 30.3 Å². The van der Waals surface area contributed by atoms with Crippen LogP contribution < -0.4 is 5.84 Å². The molecule has 3 nitrogen and oxygen atoms in total. The maximum absolute atomic E-state index is 12.1. The average Bonchev–Trinajstić information content (AvgIpc) is 2.30. The summed E-state index contributed by atoms with van der Waals surface area (Å²) in [7, 11) is 0. The van der Waals surface area contributed by atoms with E-state index < -0.39 is 0 Å². The van der Waals surface area contributed by atoms with Gasteiger partial charge < -0.3 is 0 Å². The van der Waals surface area contributed by atoms with Gasteiger partial charge in [-0.2, -0.15) is 0 Å². The van der Waals surface area contributed by atoms with Gasteiger partial charge in [0.1, 0.15) is 0 Å². The SMILES string of the molecule is NN1CCCCC1C(=O)c1ccccc1. The molecule has 1 saturated heterocycles. The van der Waals surface area contributed by atoms with Gasteiger partial charge in [0, 0.05) is 12.1 Å². The summed E-state index contributed by atoms with van der Waals surface area (Å²) in [5, 5.41) is 1.68. The smallest absolute Gasteiger partial charge is 0.181 e. The lowest BCUT2D eigenvalue weighted by Gasteiger charge is -2.30. The van der Waals surface area contributed by atoms with Gasteiger partial charge in [-0.05, 0) is 12.8 Å². The zero-order chi connectivity index (χ0) is 10.7. The van der Waals surface area contributed by atoms with E-state index in [-0.39, 0.29) is 11.8 Å².